The SMILES string of the molecule is Cc1ccccc1C1(N=C=O)CCC2(CC1)OCCO2. The van der Waals surface area contributed by atoms with Gasteiger partial charge in [0.15, 0.2) is 5.79 Å². The Kier molecular flexibility index (Phi) is 3.47. The summed E-state index contributed by atoms with van der Waals surface area (Å²) in [6.45, 7) is 3.38. The van der Waals surface area contributed by atoms with E-state index in [1.165, 1.54) is 0 Å². The van der Waals surface area contributed by atoms with E-state index in [0.29, 0.717) is 13.2 Å². The van der Waals surface area contributed by atoms with Crippen LogP contribution in [0.1, 0.15) is 36.8 Å². The third kappa shape index (κ3) is 2.20. The van der Waals surface area contributed by atoms with Crippen LogP contribution in [0.5, 0.6) is 0 Å². The minimum Gasteiger partial charge on any atom is -0.348 e. The van der Waals surface area contributed by atoms with Crippen LogP contribution in [-0.2, 0) is 19.8 Å². The number of benzene rings is 1. The van der Waals surface area contributed by atoms with Crippen molar-refractivity contribution >= 4 is 6.08 Å². The van der Waals surface area contributed by atoms with Gasteiger partial charge >= 0.3 is 0 Å². The van der Waals surface area contributed by atoms with E-state index in [0.717, 1.165) is 36.8 Å². The number of isocyanates is 1. The Labute approximate surface area is 118 Å². The van der Waals surface area contributed by atoms with Crippen molar-refractivity contribution in [3.05, 3.63) is 35.4 Å². The second kappa shape index (κ2) is 5.13. The summed E-state index contributed by atoms with van der Waals surface area (Å²) in [7, 11) is 0. The Morgan fingerprint density at radius 3 is 2.35 bits per heavy atom. The summed E-state index contributed by atoms with van der Waals surface area (Å²) in [5, 5.41) is 0. The van der Waals surface area contributed by atoms with Crippen LogP contribution in [0, 0.1) is 6.92 Å². The van der Waals surface area contributed by atoms with Crippen LogP contribution in [0.2, 0.25) is 0 Å². The average molecular weight is 273 g/mol. The van der Waals surface area contributed by atoms with E-state index >= 15 is 0 Å². The highest BCUT2D eigenvalue weighted by atomic mass is 16.7. The molecular formula is C16H19NO3. The van der Waals surface area contributed by atoms with Crippen molar-refractivity contribution in [2.45, 2.75) is 43.9 Å². The molecule has 4 nitrogen and oxygen atoms in total. The molecular weight excluding hydrogens is 254 g/mol. The van der Waals surface area contributed by atoms with Gasteiger partial charge in [-0.15, -0.1) is 0 Å². The lowest BCUT2D eigenvalue weighted by Gasteiger charge is -2.41. The smallest absolute Gasteiger partial charge is 0.235 e. The van der Waals surface area contributed by atoms with Gasteiger partial charge < -0.3 is 9.47 Å². The fourth-order valence-electron chi connectivity index (χ4n) is 3.45. The molecule has 0 unspecified atom stereocenters. The van der Waals surface area contributed by atoms with Crippen molar-refractivity contribution in [3.8, 4) is 0 Å². The molecule has 0 N–H and O–H groups in total. The Hall–Kier alpha value is -1.48. The van der Waals surface area contributed by atoms with Crippen molar-refractivity contribution < 1.29 is 14.3 Å². The zero-order valence-electron chi connectivity index (χ0n) is 11.7. The van der Waals surface area contributed by atoms with Gasteiger partial charge in [-0.3, -0.25) is 0 Å². The topological polar surface area (TPSA) is 47.9 Å². The lowest BCUT2D eigenvalue weighted by atomic mass is 9.73. The number of ether oxygens (including phenoxy) is 2. The average Bonchev–Trinajstić information content (AvgIpc) is 2.92. The molecule has 1 heterocycles. The van der Waals surface area contributed by atoms with Gasteiger partial charge in [-0.05, 0) is 30.9 Å². The number of rotatable bonds is 2. The lowest BCUT2D eigenvalue weighted by Crippen LogP contribution is -2.41. The van der Waals surface area contributed by atoms with E-state index in [9.17, 15) is 4.79 Å². The first kappa shape index (κ1) is 13.5. The van der Waals surface area contributed by atoms with Crippen LogP contribution in [0.3, 0.4) is 0 Å². The standard InChI is InChI=1S/C16H19NO3/c1-13-4-2-3-5-14(13)15(17-12-18)6-8-16(9-7-15)19-10-11-20-16/h2-5H,6-11H2,1H3. The summed E-state index contributed by atoms with van der Waals surface area (Å²) in [5.41, 5.74) is 1.82. The molecule has 106 valence electrons. The summed E-state index contributed by atoms with van der Waals surface area (Å²) in [6, 6.07) is 8.12. The lowest BCUT2D eigenvalue weighted by molar-refractivity contribution is -0.184. The van der Waals surface area contributed by atoms with E-state index in [2.05, 4.69) is 24.0 Å². The van der Waals surface area contributed by atoms with Crippen LogP contribution in [0.15, 0.2) is 29.3 Å². The second-order valence-electron chi connectivity index (χ2n) is 5.66. The van der Waals surface area contributed by atoms with Crippen LogP contribution in [0.25, 0.3) is 0 Å². The maximum atomic E-state index is 10.9. The number of nitrogens with zero attached hydrogens (tertiary/aromatic N) is 1. The van der Waals surface area contributed by atoms with E-state index in [4.69, 9.17) is 9.47 Å². The molecule has 2 aliphatic rings. The molecule has 1 aliphatic carbocycles. The van der Waals surface area contributed by atoms with Crippen LogP contribution >= 0.6 is 0 Å². The molecule has 2 fully saturated rings. The first-order valence-corrected chi connectivity index (χ1v) is 7.13. The van der Waals surface area contributed by atoms with Gasteiger partial charge in [0.2, 0.25) is 6.08 Å². The molecule has 1 aliphatic heterocycles. The summed E-state index contributed by atoms with van der Waals surface area (Å²) in [5.74, 6) is -0.440. The number of hydrogen-bond acceptors (Lipinski definition) is 4. The molecule has 1 aromatic rings. The third-order valence-electron chi connectivity index (χ3n) is 4.56. The largest absolute Gasteiger partial charge is 0.348 e. The van der Waals surface area contributed by atoms with Crippen LogP contribution in [0.4, 0.5) is 0 Å². The van der Waals surface area contributed by atoms with Crippen molar-refractivity contribution in [1.82, 2.24) is 0 Å². The maximum absolute atomic E-state index is 10.9. The Morgan fingerprint density at radius 1 is 1.10 bits per heavy atom. The highest BCUT2D eigenvalue weighted by molar-refractivity contribution is 5.41. The van der Waals surface area contributed by atoms with Gasteiger partial charge in [0, 0.05) is 12.8 Å². The first-order chi connectivity index (χ1) is 9.70. The third-order valence-corrected chi connectivity index (χ3v) is 4.56. The van der Waals surface area contributed by atoms with E-state index < -0.39 is 11.3 Å². The van der Waals surface area contributed by atoms with E-state index in [1.807, 2.05) is 12.1 Å². The minimum absolute atomic E-state index is 0.440. The number of aryl methyl sites for hydroxylation is 1. The number of aliphatic imine (C=N–C) groups is 1. The Morgan fingerprint density at radius 2 is 1.75 bits per heavy atom. The Balaban J connectivity index is 1.91. The molecule has 1 saturated carbocycles. The molecule has 0 atom stereocenters. The molecule has 0 aromatic heterocycles. The summed E-state index contributed by atoms with van der Waals surface area (Å²) >= 11 is 0. The highest BCUT2D eigenvalue weighted by Gasteiger charge is 2.47. The molecule has 4 heteroatoms. The summed E-state index contributed by atoms with van der Waals surface area (Å²) in [4.78, 5) is 15.1. The quantitative estimate of drug-likeness (QED) is 0.615. The van der Waals surface area contributed by atoms with Gasteiger partial charge in [-0.2, -0.15) is 4.99 Å². The predicted molar refractivity (Wildman–Crippen MR) is 74.1 cm³/mol. The molecule has 0 bridgehead atoms. The molecule has 1 aromatic carbocycles. The van der Waals surface area contributed by atoms with Crippen LogP contribution < -0.4 is 0 Å². The van der Waals surface area contributed by atoms with Gasteiger partial charge in [0.1, 0.15) is 0 Å². The van der Waals surface area contributed by atoms with Crippen molar-refractivity contribution in [2.75, 3.05) is 13.2 Å². The predicted octanol–water partition coefficient (Wildman–Crippen LogP) is 2.84. The molecule has 1 spiro atoms. The van der Waals surface area contributed by atoms with Gasteiger partial charge in [0.25, 0.3) is 0 Å². The van der Waals surface area contributed by atoms with Crippen molar-refractivity contribution in [1.29, 1.82) is 0 Å². The van der Waals surface area contributed by atoms with E-state index in [-0.39, 0.29) is 0 Å². The summed E-state index contributed by atoms with van der Waals surface area (Å²) < 4.78 is 11.5. The number of carbonyl (C=O) groups excluding carboxylic acids is 1. The molecule has 20 heavy (non-hydrogen) atoms. The fraction of sp³-hybridized carbons (Fsp3) is 0.562. The summed E-state index contributed by atoms with van der Waals surface area (Å²) in [6.07, 6.45) is 4.83. The van der Waals surface area contributed by atoms with Crippen molar-refractivity contribution in [2.24, 2.45) is 4.99 Å². The van der Waals surface area contributed by atoms with Gasteiger partial charge in [0.05, 0.1) is 18.8 Å². The maximum Gasteiger partial charge on any atom is 0.235 e. The van der Waals surface area contributed by atoms with E-state index in [1.54, 1.807) is 6.08 Å². The number of hydrogen-bond donors (Lipinski definition) is 0. The normalized spacial score (nSPS) is 23.4. The zero-order chi connectivity index (χ0) is 14.1. The first-order valence-electron chi connectivity index (χ1n) is 7.13. The zero-order valence-corrected chi connectivity index (χ0v) is 11.7. The Bertz CT molecular complexity index is 532. The molecule has 1 saturated heterocycles. The van der Waals surface area contributed by atoms with Gasteiger partial charge in [-0.25, -0.2) is 4.79 Å². The van der Waals surface area contributed by atoms with Gasteiger partial charge in [-0.1, -0.05) is 24.3 Å². The van der Waals surface area contributed by atoms with Crippen molar-refractivity contribution in [3.63, 3.8) is 0 Å². The molecule has 0 radical (unpaired) electrons. The minimum atomic E-state index is -0.465. The monoisotopic (exact) mass is 273 g/mol. The molecule has 3 rings (SSSR count). The molecule has 0 amide bonds. The highest BCUT2D eigenvalue weighted by Crippen LogP contribution is 2.47. The second-order valence-corrected chi connectivity index (χ2v) is 5.66. The van der Waals surface area contributed by atoms with Crippen LogP contribution in [-0.4, -0.2) is 25.1 Å². The fourth-order valence-corrected chi connectivity index (χ4v) is 3.45.